The van der Waals surface area contributed by atoms with Gasteiger partial charge < -0.3 is 10.3 Å². The van der Waals surface area contributed by atoms with E-state index in [0.717, 1.165) is 6.20 Å². The van der Waals surface area contributed by atoms with Gasteiger partial charge in [-0.1, -0.05) is 0 Å². The van der Waals surface area contributed by atoms with Crippen molar-refractivity contribution in [2.45, 2.75) is 12.2 Å². The number of imidazole rings is 1. The van der Waals surface area contributed by atoms with Gasteiger partial charge in [0.25, 0.3) is 0 Å². The normalized spacial score (nSPS) is 13.9. The van der Waals surface area contributed by atoms with Crippen molar-refractivity contribution < 1.29 is 13.2 Å². The van der Waals surface area contributed by atoms with Crippen LogP contribution in [0.15, 0.2) is 18.7 Å². The summed E-state index contributed by atoms with van der Waals surface area (Å²) in [6.45, 7) is 0. The van der Waals surface area contributed by atoms with Gasteiger partial charge in [-0.25, -0.2) is 9.97 Å². The molecule has 2 heterocycles. The zero-order valence-electron chi connectivity index (χ0n) is 8.77. The van der Waals surface area contributed by atoms with E-state index < -0.39 is 17.2 Å². The highest BCUT2D eigenvalue weighted by Gasteiger charge is 2.35. The summed E-state index contributed by atoms with van der Waals surface area (Å²) in [6.07, 6.45) is -0.196. The van der Waals surface area contributed by atoms with Crippen LogP contribution < -0.4 is 5.73 Å². The fourth-order valence-electron chi connectivity index (χ4n) is 1.37. The first-order valence-corrected chi connectivity index (χ1v) is 5.46. The van der Waals surface area contributed by atoms with Crippen molar-refractivity contribution in [3.63, 3.8) is 0 Å². The maximum absolute atomic E-state index is 12.4. The Bertz CT molecular complexity index is 516. The average molecular weight is 262 g/mol. The number of hydrogen-bond donors (Lipinski definition) is 1. The molecule has 0 spiro atoms. The topological polar surface area (TPSA) is 56.7 Å². The van der Waals surface area contributed by atoms with Gasteiger partial charge in [-0.15, -0.1) is 11.3 Å². The number of thiazole rings is 1. The Balaban J connectivity index is 2.30. The minimum Gasteiger partial charge on any atom is -0.336 e. The number of hydrogen-bond acceptors (Lipinski definition) is 4. The number of aryl methyl sites for hydroxylation is 1. The van der Waals surface area contributed by atoms with E-state index >= 15 is 0 Å². The summed E-state index contributed by atoms with van der Waals surface area (Å²) in [4.78, 5) is 7.56. The Morgan fingerprint density at radius 2 is 2.12 bits per heavy atom. The van der Waals surface area contributed by atoms with Gasteiger partial charge >= 0.3 is 6.18 Å². The minimum atomic E-state index is -4.42. The van der Waals surface area contributed by atoms with Crippen molar-refractivity contribution in [1.29, 1.82) is 0 Å². The van der Waals surface area contributed by atoms with E-state index in [1.54, 1.807) is 17.9 Å². The molecule has 1 unspecified atom stereocenters. The lowest BCUT2D eigenvalue weighted by molar-refractivity contribution is -0.137. The quantitative estimate of drug-likeness (QED) is 0.899. The molecule has 17 heavy (non-hydrogen) atoms. The molecule has 0 saturated carbocycles. The van der Waals surface area contributed by atoms with Crippen LogP contribution in [0.2, 0.25) is 0 Å². The summed E-state index contributed by atoms with van der Waals surface area (Å²) >= 11 is 0.553. The van der Waals surface area contributed by atoms with Gasteiger partial charge in [0.1, 0.15) is 0 Å². The molecule has 0 fully saturated rings. The van der Waals surface area contributed by atoms with Crippen molar-refractivity contribution >= 4 is 11.3 Å². The van der Waals surface area contributed by atoms with E-state index in [4.69, 9.17) is 5.73 Å². The molecule has 0 aliphatic carbocycles. The molecule has 0 saturated heterocycles. The number of nitrogens with two attached hydrogens (primary N) is 1. The lowest BCUT2D eigenvalue weighted by Crippen LogP contribution is -2.13. The number of rotatable bonds is 2. The van der Waals surface area contributed by atoms with E-state index in [-0.39, 0.29) is 0 Å². The van der Waals surface area contributed by atoms with Gasteiger partial charge in [0.15, 0.2) is 5.01 Å². The van der Waals surface area contributed by atoms with Crippen LogP contribution >= 0.6 is 11.3 Å². The smallest absolute Gasteiger partial charge is 0.336 e. The van der Waals surface area contributed by atoms with E-state index in [1.807, 2.05) is 0 Å². The lowest BCUT2D eigenvalue weighted by atomic mass is 10.2. The Morgan fingerprint density at radius 1 is 1.41 bits per heavy atom. The summed E-state index contributed by atoms with van der Waals surface area (Å²) in [5, 5.41) is -0.884. The molecule has 0 aliphatic rings. The fraction of sp³-hybridized carbons (Fsp3) is 0.333. The molecule has 4 nitrogen and oxygen atoms in total. The van der Waals surface area contributed by atoms with Gasteiger partial charge in [-0.2, -0.15) is 13.2 Å². The standard InChI is InChI=1S/C9H9F3N4S/c1-16-4-14-2-5(16)7(13)6-3-15-8(17-6)9(10,11)12/h2-4,7H,13H2,1H3. The lowest BCUT2D eigenvalue weighted by Gasteiger charge is -2.09. The van der Waals surface area contributed by atoms with Crippen LogP contribution in [0.4, 0.5) is 13.2 Å². The maximum Gasteiger partial charge on any atom is 0.443 e. The molecule has 1 atom stereocenters. The van der Waals surface area contributed by atoms with E-state index in [1.165, 1.54) is 6.20 Å². The zero-order valence-corrected chi connectivity index (χ0v) is 9.59. The molecule has 0 bridgehead atoms. The Morgan fingerprint density at radius 3 is 2.59 bits per heavy atom. The number of halogens is 3. The highest BCUT2D eigenvalue weighted by Crippen LogP contribution is 2.35. The summed E-state index contributed by atoms with van der Waals surface area (Å²) in [5.41, 5.74) is 6.50. The molecular formula is C9H9F3N4S. The predicted octanol–water partition coefficient (Wildman–Crippen LogP) is 1.94. The van der Waals surface area contributed by atoms with Crippen molar-refractivity contribution in [2.24, 2.45) is 12.8 Å². The number of aromatic nitrogens is 3. The molecule has 2 N–H and O–H groups in total. The van der Waals surface area contributed by atoms with Crippen molar-refractivity contribution in [1.82, 2.24) is 14.5 Å². The predicted molar refractivity (Wildman–Crippen MR) is 56.4 cm³/mol. The summed E-state index contributed by atoms with van der Waals surface area (Å²) < 4.78 is 38.8. The van der Waals surface area contributed by atoms with Gasteiger partial charge in [0.2, 0.25) is 0 Å². The van der Waals surface area contributed by atoms with Crippen LogP contribution in [0, 0.1) is 0 Å². The third kappa shape index (κ3) is 2.32. The van der Waals surface area contributed by atoms with Crippen molar-refractivity contribution in [3.8, 4) is 0 Å². The van der Waals surface area contributed by atoms with E-state index in [0.29, 0.717) is 21.9 Å². The second-order valence-corrected chi connectivity index (χ2v) is 4.53. The number of nitrogens with zero attached hydrogens (tertiary/aromatic N) is 3. The summed E-state index contributed by atoms with van der Waals surface area (Å²) in [5.74, 6) is 0. The molecule has 0 aliphatic heterocycles. The van der Waals surface area contributed by atoms with E-state index in [2.05, 4.69) is 9.97 Å². The van der Waals surface area contributed by atoms with Crippen LogP contribution in [0.3, 0.4) is 0 Å². The monoisotopic (exact) mass is 262 g/mol. The van der Waals surface area contributed by atoms with Crippen LogP contribution in [0.1, 0.15) is 21.6 Å². The van der Waals surface area contributed by atoms with Gasteiger partial charge in [0, 0.05) is 18.1 Å². The SMILES string of the molecule is Cn1cncc1C(N)c1cnc(C(F)(F)F)s1. The molecule has 0 amide bonds. The Hall–Kier alpha value is -1.41. The van der Waals surface area contributed by atoms with Crippen LogP contribution in [0.25, 0.3) is 0 Å². The molecule has 2 rings (SSSR count). The van der Waals surface area contributed by atoms with Gasteiger partial charge in [-0.05, 0) is 0 Å². The second-order valence-electron chi connectivity index (χ2n) is 3.47. The molecule has 2 aromatic heterocycles. The highest BCUT2D eigenvalue weighted by molar-refractivity contribution is 7.11. The second kappa shape index (κ2) is 4.11. The molecule has 0 aromatic carbocycles. The fourth-order valence-corrected chi connectivity index (χ4v) is 2.17. The first kappa shape index (κ1) is 12.1. The van der Waals surface area contributed by atoms with Crippen LogP contribution in [-0.4, -0.2) is 14.5 Å². The molecular weight excluding hydrogens is 253 g/mol. The Kier molecular flexibility index (Phi) is 2.92. The molecule has 0 radical (unpaired) electrons. The zero-order chi connectivity index (χ0) is 12.6. The first-order chi connectivity index (χ1) is 7.89. The molecule has 92 valence electrons. The molecule has 8 heteroatoms. The van der Waals surface area contributed by atoms with Crippen LogP contribution in [0.5, 0.6) is 0 Å². The third-order valence-electron chi connectivity index (χ3n) is 2.25. The maximum atomic E-state index is 12.4. The largest absolute Gasteiger partial charge is 0.443 e. The third-order valence-corrected chi connectivity index (χ3v) is 3.37. The van der Waals surface area contributed by atoms with Gasteiger partial charge in [-0.3, -0.25) is 0 Å². The average Bonchev–Trinajstić information content (AvgIpc) is 2.83. The summed E-state index contributed by atoms with van der Waals surface area (Å²) in [6, 6.07) is -0.643. The first-order valence-electron chi connectivity index (χ1n) is 4.64. The van der Waals surface area contributed by atoms with Gasteiger partial charge in [0.05, 0.1) is 24.3 Å². The minimum absolute atomic E-state index is 0.362. The van der Waals surface area contributed by atoms with Crippen molar-refractivity contribution in [3.05, 3.63) is 34.3 Å². The Labute approximate surface area is 98.9 Å². The molecule has 2 aromatic rings. The van der Waals surface area contributed by atoms with E-state index in [9.17, 15) is 13.2 Å². The van der Waals surface area contributed by atoms with Crippen LogP contribution in [-0.2, 0) is 13.2 Å². The number of alkyl halides is 3. The summed E-state index contributed by atoms with van der Waals surface area (Å²) in [7, 11) is 1.73. The highest BCUT2D eigenvalue weighted by atomic mass is 32.1. The van der Waals surface area contributed by atoms with Crippen molar-refractivity contribution in [2.75, 3.05) is 0 Å².